The van der Waals surface area contributed by atoms with Gasteiger partial charge in [-0.1, -0.05) is 11.8 Å². The van der Waals surface area contributed by atoms with Crippen LogP contribution in [0.2, 0.25) is 0 Å². The van der Waals surface area contributed by atoms with Crippen LogP contribution in [-0.2, 0) is 9.59 Å². The van der Waals surface area contributed by atoms with Crippen molar-refractivity contribution in [3.05, 3.63) is 48.0 Å². The van der Waals surface area contributed by atoms with E-state index in [0.717, 1.165) is 0 Å². The quantitative estimate of drug-likeness (QED) is 0.747. The van der Waals surface area contributed by atoms with E-state index in [0.29, 0.717) is 37.1 Å². The minimum Gasteiger partial charge on any atom is -0.343 e. The molecular weight excluding hydrogens is 384 g/mol. The Hall–Kier alpha value is -3.60. The second-order valence-corrected chi connectivity index (χ2v) is 7.35. The van der Waals surface area contributed by atoms with Crippen LogP contribution in [-0.4, -0.2) is 45.6 Å². The summed E-state index contributed by atoms with van der Waals surface area (Å²) in [5.41, 5.74) is 1.12. The summed E-state index contributed by atoms with van der Waals surface area (Å²) in [7, 11) is 0. The van der Waals surface area contributed by atoms with Gasteiger partial charge in [-0.15, -0.1) is 0 Å². The summed E-state index contributed by atoms with van der Waals surface area (Å²) in [6.07, 6.45) is 5.15. The molecule has 2 unspecified atom stereocenters. The van der Waals surface area contributed by atoms with Crippen LogP contribution in [0.5, 0.6) is 0 Å². The molecule has 0 saturated carbocycles. The molecule has 0 radical (unpaired) electrons. The van der Waals surface area contributed by atoms with Crippen molar-refractivity contribution in [3.63, 3.8) is 0 Å². The maximum atomic E-state index is 12.4. The molecule has 154 valence electrons. The summed E-state index contributed by atoms with van der Waals surface area (Å²) in [5, 5.41) is 5.53. The van der Waals surface area contributed by atoms with Gasteiger partial charge in [0, 0.05) is 25.2 Å². The van der Waals surface area contributed by atoms with E-state index in [1.54, 1.807) is 45.8 Å². The van der Waals surface area contributed by atoms with Crippen LogP contribution < -0.4 is 10.6 Å². The molecule has 0 spiro atoms. The topological polar surface area (TPSA) is 102 Å². The van der Waals surface area contributed by atoms with Crippen LogP contribution in [0.15, 0.2) is 36.7 Å². The first kappa shape index (κ1) is 19.7. The summed E-state index contributed by atoms with van der Waals surface area (Å²) in [6.45, 7) is 0.324. The first-order valence-corrected chi connectivity index (χ1v) is 9.97. The van der Waals surface area contributed by atoms with Crippen LogP contribution in [0, 0.1) is 11.8 Å². The molecule has 0 fully saturated rings. The van der Waals surface area contributed by atoms with Gasteiger partial charge in [0.1, 0.15) is 12.1 Å². The number of ketones is 2. The number of hydrogen-bond donors (Lipinski definition) is 2. The van der Waals surface area contributed by atoms with E-state index in [2.05, 4.69) is 22.5 Å². The molecule has 0 aliphatic carbocycles. The highest BCUT2D eigenvalue weighted by Gasteiger charge is 2.30. The van der Waals surface area contributed by atoms with Gasteiger partial charge in [0.05, 0.1) is 24.5 Å². The van der Waals surface area contributed by atoms with E-state index < -0.39 is 12.1 Å². The summed E-state index contributed by atoms with van der Waals surface area (Å²) >= 11 is 0. The minimum atomic E-state index is -0.404. The number of nitrogens with zero attached hydrogens (tertiary/aromatic N) is 2. The SMILES string of the molecule is O=C1CCC(C(=O)NCC#CCNC(=O)C2CCC(=O)c3cccn32)n2cccc21. The number of rotatable bonds is 4. The third kappa shape index (κ3) is 3.79. The zero-order valence-corrected chi connectivity index (χ0v) is 16.4. The number of carbonyl (C=O) groups excluding carboxylic acids is 4. The van der Waals surface area contributed by atoms with Crippen LogP contribution >= 0.6 is 0 Å². The highest BCUT2D eigenvalue weighted by atomic mass is 16.2. The second kappa shape index (κ2) is 8.41. The van der Waals surface area contributed by atoms with Crippen molar-refractivity contribution in [2.45, 2.75) is 37.8 Å². The Bertz CT molecular complexity index is 986. The number of Topliss-reactive ketones (excluding diaryl/α,β-unsaturated/α-hetero) is 2. The average Bonchev–Trinajstić information content (AvgIpc) is 3.41. The standard InChI is InChI=1S/C22H22N4O4/c27-19-9-7-17(25-13-3-5-15(19)25)21(29)23-11-1-2-12-24-22(30)18-8-10-20(28)16-6-4-14-26(16)18/h3-6,13-14,17-18H,7-12H2,(H,23,29)(H,24,30). The van der Waals surface area contributed by atoms with Crippen molar-refractivity contribution in [2.24, 2.45) is 0 Å². The molecule has 4 rings (SSSR count). The Balaban J connectivity index is 1.24. The fraction of sp³-hybridized carbons (Fsp3) is 0.364. The van der Waals surface area contributed by atoms with Gasteiger partial charge in [-0.25, -0.2) is 0 Å². The van der Waals surface area contributed by atoms with Crippen molar-refractivity contribution >= 4 is 23.4 Å². The molecule has 2 aromatic heterocycles. The molecule has 30 heavy (non-hydrogen) atoms. The van der Waals surface area contributed by atoms with E-state index in [4.69, 9.17) is 0 Å². The monoisotopic (exact) mass is 406 g/mol. The maximum absolute atomic E-state index is 12.4. The molecule has 2 aromatic rings. The molecule has 2 N–H and O–H groups in total. The predicted octanol–water partition coefficient (Wildman–Crippen LogP) is 1.26. The molecular formula is C22H22N4O4. The fourth-order valence-corrected chi connectivity index (χ4v) is 4.01. The average molecular weight is 406 g/mol. The lowest BCUT2D eigenvalue weighted by molar-refractivity contribution is -0.125. The Morgan fingerprint density at radius 2 is 1.27 bits per heavy atom. The zero-order valence-electron chi connectivity index (χ0n) is 16.4. The third-order valence-corrected chi connectivity index (χ3v) is 5.52. The largest absolute Gasteiger partial charge is 0.343 e. The van der Waals surface area contributed by atoms with Crippen LogP contribution in [0.4, 0.5) is 0 Å². The summed E-state index contributed by atoms with van der Waals surface area (Å²) in [6, 6.07) is 6.17. The molecule has 2 aliphatic heterocycles. The molecule has 8 nitrogen and oxygen atoms in total. The van der Waals surface area contributed by atoms with Gasteiger partial charge in [-0.2, -0.15) is 0 Å². The maximum Gasteiger partial charge on any atom is 0.243 e. The highest BCUT2D eigenvalue weighted by Crippen LogP contribution is 2.26. The van der Waals surface area contributed by atoms with Crippen molar-refractivity contribution in [1.29, 1.82) is 0 Å². The van der Waals surface area contributed by atoms with Gasteiger partial charge in [-0.3, -0.25) is 19.2 Å². The summed E-state index contributed by atoms with van der Waals surface area (Å²) < 4.78 is 3.42. The number of fused-ring (bicyclic) bond motifs is 2. The normalized spacial score (nSPS) is 19.9. The minimum absolute atomic E-state index is 0.0500. The zero-order chi connectivity index (χ0) is 21.1. The Kier molecular flexibility index (Phi) is 5.53. The first-order chi connectivity index (χ1) is 14.6. The van der Waals surface area contributed by atoms with Crippen molar-refractivity contribution < 1.29 is 19.2 Å². The molecule has 4 heterocycles. The number of nitrogens with one attached hydrogen (secondary N) is 2. The van der Waals surface area contributed by atoms with E-state index in [1.807, 2.05) is 0 Å². The molecule has 2 aliphatic rings. The van der Waals surface area contributed by atoms with Crippen molar-refractivity contribution in [3.8, 4) is 11.8 Å². The van der Waals surface area contributed by atoms with E-state index >= 15 is 0 Å². The van der Waals surface area contributed by atoms with E-state index in [1.165, 1.54) is 0 Å². The van der Waals surface area contributed by atoms with E-state index in [-0.39, 0.29) is 36.5 Å². The summed E-state index contributed by atoms with van der Waals surface area (Å²) in [4.78, 5) is 48.6. The molecule has 2 amide bonds. The highest BCUT2D eigenvalue weighted by molar-refractivity contribution is 5.98. The molecule has 2 atom stereocenters. The number of hydrogen-bond acceptors (Lipinski definition) is 4. The summed E-state index contributed by atoms with van der Waals surface area (Å²) in [5.74, 6) is 5.40. The Labute approximate surface area is 173 Å². The van der Waals surface area contributed by atoms with Gasteiger partial charge >= 0.3 is 0 Å². The number of carbonyl (C=O) groups is 4. The lowest BCUT2D eigenvalue weighted by atomic mass is 10.0. The smallest absolute Gasteiger partial charge is 0.243 e. The van der Waals surface area contributed by atoms with Gasteiger partial charge in [0.25, 0.3) is 0 Å². The van der Waals surface area contributed by atoms with Crippen LogP contribution in [0.3, 0.4) is 0 Å². The fourth-order valence-electron chi connectivity index (χ4n) is 4.01. The van der Waals surface area contributed by atoms with Gasteiger partial charge in [0.15, 0.2) is 11.6 Å². The molecule has 0 bridgehead atoms. The lowest BCUT2D eigenvalue weighted by Crippen LogP contribution is -2.37. The van der Waals surface area contributed by atoms with Gasteiger partial charge in [0.2, 0.25) is 11.8 Å². The van der Waals surface area contributed by atoms with Crippen LogP contribution in [0.1, 0.15) is 58.7 Å². The Morgan fingerprint density at radius 1 is 0.833 bits per heavy atom. The van der Waals surface area contributed by atoms with Crippen LogP contribution in [0.25, 0.3) is 0 Å². The molecule has 0 saturated heterocycles. The Morgan fingerprint density at radius 3 is 1.70 bits per heavy atom. The molecule has 0 aromatic carbocycles. The number of aromatic nitrogens is 2. The molecule has 8 heteroatoms. The first-order valence-electron chi connectivity index (χ1n) is 9.97. The predicted molar refractivity (Wildman–Crippen MR) is 108 cm³/mol. The number of amides is 2. The van der Waals surface area contributed by atoms with E-state index in [9.17, 15) is 19.2 Å². The lowest BCUT2D eigenvalue weighted by Gasteiger charge is -2.24. The van der Waals surface area contributed by atoms with Crippen molar-refractivity contribution in [1.82, 2.24) is 19.8 Å². The third-order valence-electron chi connectivity index (χ3n) is 5.52. The van der Waals surface area contributed by atoms with Gasteiger partial charge < -0.3 is 19.8 Å². The second-order valence-electron chi connectivity index (χ2n) is 7.35. The van der Waals surface area contributed by atoms with Crippen molar-refractivity contribution in [2.75, 3.05) is 13.1 Å². The van der Waals surface area contributed by atoms with Gasteiger partial charge in [-0.05, 0) is 37.1 Å².